The van der Waals surface area contributed by atoms with Crippen LogP contribution in [0.5, 0.6) is 11.5 Å². The summed E-state index contributed by atoms with van der Waals surface area (Å²) in [5.74, 6) is -7.52. The molecule has 2 fully saturated rings. The Morgan fingerprint density at radius 1 is 0.932 bits per heavy atom. The molecule has 7 bridgehead atoms. The van der Waals surface area contributed by atoms with E-state index in [1.807, 2.05) is 33.9 Å². The lowest BCUT2D eigenvalue weighted by atomic mass is 9.72. The van der Waals surface area contributed by atoms with Gasteiger partial charge in [-0.15, -0.1) is 0 Å². The predicted molar refractivity (Wildman–Crippen MR) is 218 cm³/mol. The maximum Gasteiger partial charge on any atom is 0.312 e. The first-order valence-electron chi connectivity index (χ1n) is 20.2. The highest BCUT2D eigenvalue weighted by molar-refractivity contribution is 6.37. The first kappa shape index (κ1) is 43.9. The van der Waals surface area contributed by atoms with Gasteiger partial charge in [-0.1, -0.05) is 52.8 Å². The van der Waals surface area contributed by atoms with Crippen LogP contribution < -0.4 is 10.1 Å². The van der Waals surface area contributed by atoms with Crippen molar-refractivity contribution in [1.82, 2.24) is 15.2 Å². The standard InChI is InChI=1S/C44H58N4O11/c1-22-12-11-14-43(7)21-57-39(27(43)6)25(4)35(50)24(3)34(49)23(2)29(56-10)13-19-58-44(8)41(54)32-30-31(36(51)26(5)40(32)59-44)38(53)33(46-42(22)55)28(37(30)52)20-45-48-17-15-47(9)16-18-48/h11-14,19-20,23-25,27,29,34-35,39,49-51H,15-18,21H2,1-10H3,(H,46,55)/b14-11+,19-13+,22-12-,45-20+/t23-,24+,25+,27-,29+,34-,35+,39-,43?,44+/m1/s1. The minimum atomic E-state index is -2.05. The average Bonchev–Trinajstić information content (AvgIpc) is 3.65. The normalized spacial score (nSPS) is 36.9. The lowest BCUT2D eigenvalue weighted by Crippen LogP contribution is -2.45. The molecule has 1 amide bonds. The van der Waals surface area contributed by atoms with E-state index in [2.05, 4.69) is 15.3 Å². The molecule has 1 unspecified atom stereocenters. The number of rotatable bonds is 3. The van der Waals surface area contributed by atoms with Crippen LogP contribution in [-0.4, -0.2) is 132 Å². The van der Waals surface area contributed by atoms with E-state index in [0.717, 1.165) is 0 Å². The van der Waals surface area contributed by atoms with Crippen LogP contribution in [0.1, 0.15) is 85.1 Å². The molecule has 0 aromatic heterocycles. The SMILES string of the molecule is CO[C@H]1/C=C/O[C@@]2(C)Oc3c(C)c(O)c4c(c3C2=O)C(=O)C(/C=N/N2CCN(C)CC2)=C(NC(=O)/C(C)=C\C=C\C2(C)CO[C@H]([C@@H](C)[C@@H](O)[C@@H](C)[C@H](O)[C@@H]1C)[C@H]2C)C4=O. The van der Waals surface area contributed by atoms with Gasteiger partial charge in [-0.25, -0.2) is 0 Å². The van der Waals surface area contributed by atoms with E-state index < -0.39 is 81.6 Å². The van der Waals surface area contributed by atoms with Crippen molar-refractivity contribution in [3.8, 4) is 11.5 Å². The number of ether oxygens (including phenoxy) is 4. The number of ketones is 3. The highest BCUT2D eigenvalue weighted by Crippen LogP contribution is 2.49. The summed E-state index contributed by atoms with van der Waals surface area (Å²) < 4.78 is 24.0. The van der Waals surface area contributed by atoms with Crippen LogP contribution in [0.4, 0.5) is 0 Å². The third-order valence-corrected chi connectivity index (χ3v) is 13.2. The Morgan fingerprint density at radius 3 is 2.25 bits per heavy atom. The molecule has 2 saturated heterocycles. The van der Waals surface area contributed by atoms with E-state index in [9.17, 15) is 34.5 Å². The van der Waals surface area contributed by atoms with Crippen LogP contribution in [0.25, 0.3) is 0 Å². The Bertz CT molecular complexity index is 2050. The lowest BCUT2D eigenvalue weighted by molar-refractivity contribution is -0.116. The number of aliphatic hydroxyl groups excluding tert-OH is 2. The van der Waals surface area contributed by atoms with Crippen LogP contribution >= 0.6 is 0 Å². The van der Waals surface area contributed by atoms with Gasteiger partial charge >= 0.3 is 5.79 Å². The number of methoxy groups -OCH3 is 1. The topological polar surface area (TPSA) is 197 Å². The highest BCUT2D eigenvalue weighted by Gasteiger charge is 2.53. The molecule has 0 spiro atoms. The van der Waals surface area contributed by atoms with E-state index in [4.69, 9.17) is 18.9 Å². The summed E-state index contributed by atoms with van der Waals surface area (Å²) >= 11 is 0. The summed E-state index contributed by atoms with van der Waals surface area (Å²) in [6.07, 6.45) is 6.15. The molecule has 15 nitrogen and oxygen atoms in total. The van der Waals surface area contributed by atoms with Crippen molar-refractivity contribution in [2.45, 2.75) is 85.6 Å². The number of allylic oxidation sites excluding steroid dienone is 4. The monoisotopic (exact) mass is 818 g/mol. The number of carbonyl (C=O) groups excluding carboxylic acids is 4. The number of likely N-dealkylation sites (N-methyl/N-ethyl adjacent to an activating group) is 1. The van der Waals surface area contributed by atoms with E-state index in [1.165, 1.54) is 39.5 Å². The van der Waals surface area contributed by atoms with Gasteiger partial charge < -0.3 is 44.5 Å². The zero-order valence-electron chi connectivity index (χ0n) is 35.6. The number of nitrogens with zero attached hydrogens (tertiary/aromatic N) is 3. The summed E-state index contributed by atoms with van der Waals surface area (Å²) in [5, 5.41) is 43.5. The third-order valence-electron chi connectivity index (χ3n) is 13.2. The summed E-state index contributed by atoms with van der Waals surface area (Å²) in [6, 6.07) is 0. The number of hydrogen-bond acceptors (Lipinski definition) is 14. The van der Waals surface area contributed by atoms with Gasteiger partial charge in [0, 0.05) is 74.5 Å². The van der Waals surface area contributed by atoms with E-state index >= 15 is 0 Å². The Hall–Kier alpha value is -4.67. The zero-order valence-corrected chi connectivity index (χ0v) is 35.6. The van der Waals surface area contributed by atoms with Crippen LogP contribution in [0, 0.1) is 36.0 Å². The Morgan fingerprint density at radius 2 is 1.59 bits per heavy atom. The molecule has 0 radical (unpaired) electrons. The van der Waals surface area contributed by atoms with Crippen LogP contribution in [0.2, 0.25) is 0 Å². The van der Waals surface area contributed by atoms with Gasteiger partial charge in [-0.2, -0.15) is 5.10 Å². The molecule has 0 saturated carbocycles. The average molecular weight is 819 g/mol. The second-order valence-corrected chi connectivity index (χ2v) is 17.2. The number of benzene rings is 1. The quantitative estimate of drug-likeness (QED) is 0.323. The molecule has 15 heteroatoms. The van der Waals surface area contributed by atoms with Gasteiger partial charge in [-0.05, 0) is 32.9 Å². The van der Waals surface area contributed by atoms with Crippen molar-refractivity contribution in [3.05, 3.63) is 69.7 Å². The number of fused-ring (bicyclic) bond motifs is 11. The molecule has 1 aromatic carbocycles. The number of aromatic hydroxyl groups is 1. The fraction of sp³-hybridized carbons (Fsp3) is 0.568. The summed E-state index contributed by atoms with van der Waals surface area (Å²) in [7, 11) is 3.44. The molecule has 320 valence electrons. The van der Waals surface area contributed by atoms with Crippen LogP contribution in [0.3, 0.4) is 0 Å². The van der Waals surface area contributed by atoms with Crippen molar-refractivity contribution in [3.63, 3.8) is 0 Å². The molecule has 1 aliphatic carbocycles. The third kappa shape index (κ3) is 7.90. The maximum atomic E-state index is 14.7. The molecule has 4 N–H and O–H groups in total. The molecule has 6 aliphatic rings. The molecule has 10 atom stereocenters. The summed E-state index contributed by atoms with van der Waals surface area (Å²) in [6.45, 7) is 16.7. The van der Waals surface area contributed by atoms with E-state index in [-0.39, 0.29) is 51.5 Å². The Balaban J connectivity index is 1.47. The number of piperazine rings is 1. The van der Waals surface area contributed by atoms with Crippen LogP contribution in [-0.2, 0) is 19.0 Å². The van der Waals surface area contributed by atoms with Gasteiger partial charge in [-0.3, -0.25) is 24.2 Å². The summed E-state index contributed by atoms with van der Waals surface area (Å²) in [5.41, 5.74) is -2.01. The highest BCUT2D eigenvalue weighted by atomic mass is 16.7. The number of carbonyl (C=O) groups is 4. The first-order valence-corrected chi connectivity index (χ1v) is 20.2. The molecule has 7 rings (SSSR count). The van der Waals surface area contributed by atoms with E-state index in [1.54, 1.807) is 37.9 Å². The van der Waals surface area contributed by atoms with Gasteiger partial charge in [0.2, 0.25) is 5.78 Å². The maximum absolute atomic E-state index is 14.7. The summed E-state index contributed by atoms with van der Waals surface area (Å²) in [4.78, 5) is 59.5. The van der Waals surface area contributed by atoms with Crippen LogP contribution in [0.15, 0.2) is 52.5 Å². The lowest BCUT2D eigenvalue weighted by Gasteiger charge is -2.37. The fourth-order valence-electron chi connectivity index (χ4n) is 8.67. The molecule has 5 aliphatic heterocycles. The van der Waals surface area contributed by atoms with Gasteiger partial charge in [0.15, 0.2) is 5.78 Å². The minimum Gasteiger partial charge on any atom is -0.507 e. The predicted octanol–water partition coefficient (Wildman–Crippen LogP) is 3.71. The second kappa shape index (κ2) is 16.8. The van der Waals surface area contributed by atoms with Crippen molar-refractivity contribution < 1.29 is 53.4 Å². The number of nitrogens with one attached hydrogen (secondary N) is 1. The number of amides is 1. The van der Waals surface area contributed by atoms with Gasteiger partial charge in [0.25, 0.3) is 11.7 Å². The number of Topliss-reactive ketones (excluding diaryl/α,β-unsaturated/α-hetero) is 3. The first-order chi connectivity index (χ1) is 27.8. The smallest absolute Gasteiger partial charge is 0.312 e. The van der Waals surface area contributed by atoms with Crippen molar-refractivity contribution in [2.75, 3.05) is 46.9 Å². The van der Waals surface area contributed by atoms with Crippen molar-refractivity contribution >= 4 is 29.5 Å². The number of aliphatic hydroxyl groups is 2. The fourth-order valence-corrected chi connectivity index (χ4v) is 8.67. The zero-order chi connectivity index (χ0) is 43.3. The molecular formula is C44H58N4O11. The Kier molecular flexibility index (Phi) is 12.5. The van der Waals surface area contributed by atoms with E-state index in [0.29, 0.717) is 32.8 Å². The van der Waals surface area contributed by atoms with Crippen molar-refractivity contribution in [1.29, 1.82) is 0 Å². The molecule has 5 heterocycles. The number of phenolic OH excluding ortho intramolecular Hbond substituents is 1. The van der Waals surface area contributed by atoms with Gasteiger partial charge in [0.05, 0.1) is 65.8 Å². The largest absolute Gasteiger partial charge is 0.507 e. The minimum absolute atomic E-state index is 0.0154. The molecule has 59 heavy (non-hydrogen) atoms. The van der Waals surface area contributed by atoms with Gasteiger partial charge in [0.1, 0.15) is 17.2 Å². The number of phenols is 1. The van der Waals surface area contributed by atoms with Crippen molar-refractivity contribution in [2.24, 2.45) is 34.2 Å². The number of hydrogen-bond donors (Lipinski definition) is 4. The Labute approximate surface area is 345 Å². The molecule has 1 aromatic rings. The second-order valence-electron chi connectivity index (χ2n) is 17.2. The molecular weight excluding hydrogens is 761 g/mol. The number of hydrazone groups is 1.